The summed E-state index contributed by atoms with van der Waals surface area (Å²) in [4.78, 5) is 6.33. The molecule has 0 radical (unpaired) electrons. The topological polar surface area (TPSA) is 16.1 Å². The van der Waals surface area contributed by atoms with Crippen molar-refractivity contribution in [2.45, 2.75) is 13.1 Å². The van der Waals surface area contributed by atoms with Crippen LogP contribution < -0.4 is 0 Å². The Labute approximate surface area is 107 Å². The van der Waals surface area contributed by atoms with Crippen molar-refractivity contribution in [1.29, 1.82) is 0 Å². The summed E-state index contributed by atoms with van der Waals surface area (Å²) in [6, 6.07) is 14.3. The van der Waals surface area contributed by atoms with Crippen LogP contribution in [-0.4, -0.2) is 16.9 Å². The first-order valence-corrected chi connectivity index (χ1v) is 5.95. The minimum atomic E-state index is 0.541. The third-order valence-electron chi connectivity index (χ3n) is 2.54. The van der Waals surface area contributed by atoms with Crippen molar-refractivity contribution in [3.8, 4) is 0 Å². The molecule has 0 bridgehead atoms. The summed E-state index contributed by atoms with van der Waals surface area (Å²) in [5.41, 5.74) is 2.49. The highest BCUT2D eigenvalue weighted by atomic mass is 35.5. The van der Waals surface area contributed by atoms with Crippen LogP contribution in [0.5, 0.6) is 0 Å². The van der Waals surface area contributed by atoms with Crippen LogP contribution in [0.3, 0.4) is 0 Å². The lowest BCUT2D eigenvalue weighted by atomic mass is 10.2. The second-order valence-corrected chi connectivity index (χ2v) is 4.53. The van der Waals surface area contributed by atoms with Crippen molar-refractivity contribution >= 4 is 11.6 Å². The highest BCUT2D eigenvalue weighted by Gasteiger charge is 2.01. The van der Waals surface area contributed by atoms with Gasteiger partial charge in [-0.05, 0) is 24.2 Å². The van der Waals surface area contributed by atoms with E-state index in [0.717, 1.165) is 13.1 Å². The molecule has 0 spiro atoms. The molecule has 17 heavy (non-hydrogen) atoms. The van der Waals surface area contributed by atoms with Crippen LogP contribution in [0.15, 0.2) is 48.7 Å². The van der Waals surface area contributed by atoms with Crippen LogP contribution in [0.1, 0.15) is 11.1 Å². The average molecular weight is 247 g/mol. The van der Waals surface area contributed by atoms with Crippen LogP contribution in [0.2, 0.25) is 5.15 Å². The fourth-order valence-corrected chi connectivity index (χ4v) is 1.87. The molecule has 2 aromatic rings. The van der Waals surface area contributed by atoms with E-state index < -0.39 is 0 Å². The molecule has 1 aromatic heterocycles. The lowest BCUT2D eigenvalue weighted by molar-refractivity contribution is 0.318. The Hall–Kier alpha value is -1.38. The maximum Gasteiger partial charge on any atom is 0.129 e. The van der Waals surface area contributed by atoms with Gasteiger partial charge in [-0.25, -0.2) is 4.98 Å². The minimum Gasteiger partial charge on any atom is -0.298 e. The fraction of sp³-hybridized carbons (Fsp3) is 0.214. The van der Waals surface area contributed by atoms with Gasteiger partial charge in [0, 0.05) is 19.3 Å². The average Bonchev–Trinajstić information content (AvgIpc) is 2.33. The van der Waals surface area contributed by atoms with Gasteiger partial charge in [-0.15, -0.1) is 0 Å². The molecule has 88 valence electrons. The number of nitrogens with zero attached hydrogens (tertiary/aromatic N) is 2. The summed E-state index contributed by atoms with van der Waals surface area (Å²) in [6.07, 6.45) is 1.82. The molecule has 0 atom stereocenters. The van der Waals surface area contributed by atoms with Gasteiger partial charge in [0.25, 0.3) is 0 Å². The monoisotopic (exact) mass is 246 g/mol. The summed E-state index contributed by atoms with van der Waals surface area (Å²) < 4.78 is 0. The lowest BCUT2D eigenvalue weighted by Gasteiger charge is -2.16. The standard InChI is InChI=1S/C14H15ClN2/c1-17(10-12-5-3-2-4-6-12)11-13-7-8-14(15)16-9-13/h2-9H,10-11H2,1H3. The number of hydrogen-bond acceptors (Lipinski definition) is 2. The number of hydrogen-bond donors (Lipinski definition) is 0. The number of pyridine rings is 1. The van der Waals surface area contributed by atoms with E-state index in [4.69, 9.17) is 11.6 Å². The molecule has 0 saturated carbocycles. The van der Waals surface area contributed by atoms with E-state index in [1.54, 1.807) is 0 Å². The van der Waals surface area contributed by atoms with Crippen molar-refractivity contribution in [2.24, 2.45) is 0 Å². The molecule has 2 rings (SSSR count). The Morgan fingerprint density at radius 3 is 2.35 bits per heavy atom. The van der Waals surface area contributed by atoms with Crippen LogP contribution in [0.4, 0.5) is 0 Å². The van der Waals surface area contributed by atoms with Crippen LogP contribution in [-0.2, 0) is 13.1 Å². The molecule has 0 amide bonds. The quantitative estimate of drug-likeness (QED) is 0.769. The SMILES string of the molecule is CN(Cc1ccccc1)Cc1ccc(Cl)nc1. The van der Waals surface area contributed by atoms with E-state index in [0.29, 0.717) is 5.15 Å². The van der Waals surface area contributed by atoms with Gasteiger partial charge in [-0.3, -0.25) is 4.90 Å². The molecule has 3 heteroatoms. The zero-order valence-corrected chi connectivity index (χ0v) is 10.6. The predicted molar refractivity (Wildman–Crippen MR) is 70.9 cm³/mol. The third-order valence-corrected chi connectivity index (χ3v) is 2.76. The second-order valence-electron chi connectivity index (χ2n) is 4.15. The maximum atomic E-state index is 5.75. The summed E-state index contributed by atoms with van der Waals surface area (Å²) in [5, 5.41) is 0.541. The first kappa shape index (κ1) is 12.1. The van der Waals surface area contributed by atoms with Gasteiger partial charge in [0.05, 0.1) is 0 Å². The van der Waals surface area contributed by atoms with Gasteiger partial charge in [0.1, 0.15) is 5.15 Å². The van der Waals surface area contributed by atoms with Gasteiger partial charge in [0.15, 0.2) is 0 Å². The first-order valence-electron chi connectivity index (χ1n) is 5.57. The van der Waals surface area contributed by atoms with E-state index in [1.807, 2.05) is 24.4 Å². The van der Waals surface area contributed by atoms with Crippen molar-refractivity contribution in [2.75, 3.05) is 7.05 Å². The lowest BCUT2D eigenvalue weighted by Crippen LogP contribution is -2.17. The number of benzene rings is 1. The molecule has 0 aliphatic rings. The van der Waals surface area contributed by atoms with E-state index in [-0.39, 0.29) is 0 Å². The summed E-state index contributed by atoms with van der Waals surface area (Å²) in [6.45, 7) is 1.81. The Bertz CT molecular complexity index is 453. The Kier molecular flexibility index (Phi) is 4.13. The molecule has 2 nitrogen and oxygen atoms in total. The van der Waals surface area contributed by atoms with Gasteiger partial charge in [0.2, 0.25) is 0 Å². The summed E-state index contributed by atoms with van der Waals surface area (Å²) in [7, 11) is 2.10. The van der Waals surface area contributed by atoms with Crippen molar-refractivity contribution in [1.82, 2.24) is 9.88 Å². The van der Waals surface area contributed by atoms with Crippen molar-refractivity contribution < 1.29 is 0 Å². The van der Waals surface area contributed by atoms with Gasteiger partial charge in [-0.2, -0.15) is 0 Å². The molecule has 0 aliphatic carbocycles. The van der Waals surface area contributed by atoms with Crippen molar-refractivity contribution in [3.05, 3.63) is 64.9 Å². The van der Waals surface area contributed by atoms with Gasteiger partial charge >= 0.3 is 0 Å². The van der Waals surface area contributed by atoms with Crippen LogP contribution in [0.25, 0.3) is 0 Å². The zero-order chi connectivity index (χ0) is 12.1. The Balaban J connectivity index is 1.93. The van der Waals surface area contributed by atoms with Gasteiger partial charge in [-0.1, -0.05) is 48.0 Å². The van der Waals surface area contributed by atoms with E-state index in [9.17, 15) is 0 Å². The summed E-state index contributed by atoms with van der Waals surface area (Å²) >= 11 is 5.75. The predicted octanol–water partition coefficient (Wildman–Crippen LogP) is 3.37. The van der Waals surface area contributed by atoms with E-state index in [2.05, 4.69) is 41.2 Å². The Morgan fingerprint density at radius 1 is 1.00 bits per heavy atom. The minimum absolute atomic E-state index is 0.541. The van der Waals surface area contributed by atoms with Crippen LogP contribution >= 0.6 is 11.6 Å². The molecule has 1 aromatic carbocycles. The molecule has 0 unspecified atom stereocenters. The zero-order valence-electron chi connectivity index (χ0n) is 9.81. The molecule has 0 saturated heterocycles. The smallest absolute Gasteiger partial charge is 0.129 e. The van der Waals surface area contributed by atoms with Gasteiger partial charge < -0.3 is 0 Å². The van der Waals surface area contributed by atoms with E-state index >= 15 is 0 Å². The Morgan fingerprint density at radius 2 is 1.71 bits per heavy atom. The highest BCUT2D eigenvalue weighted by molar-refractivity contribution is 6.29. The maximum absolute atomic E-state index is 5.75. The highest BCUT2D eigenvalue weighted by Crippen LogP contribution is 2.09. The van der Waals surface area contributed by atoms with E-state index in [1.165, 1.54) is 11.1 Å². The van der Waals surface area contributed by atoms with Crippen molar-refractivity contribution in [3.63, 3.8) is 0 Å². The number of halogens is 1. The molecular formula is C14H15ClN2. The summed E-state index contributed by atoms with van der Waals surface area (Å²) in [5.74, 6) is 0. The first-order chi connectivity index (χ1) is 8.24. The second kappa shape index (κ2) is 5.80. The fourth-order valence-electron chi connectivity index (χ4n) is 1.76. The normalized spacial score (nSPS) is 10.8. The van der Waals surface area contributed by atoms with Crippen LogP contribution in [0, 0.1) is 0 Å². The molecule has 0 aliphatic heterocycles. The molecule has 0 fully saturated rings. The number of rotatable bonds is 4. The largest absolute Gasteiger partial charge is 0.298 e. The number of aromatic nitrogens is 1. The molecular weight excluding hydrogens is 232 g/mol. The third kappa shape index (κ3) is 3.84. The molecule has 1 heterocycles. The molecule has 0 N–H and O–H groups in total.